The zero-order chi connectivity index (χ0) is 15.8. The summed E-state index contributed by atoms with van der Waals surface area (Å²) in [6, 6.07) is 8.70. The van der Waals surface area contributed by atoms with E-state index >= 15 is 0 Å². The molecule has 1 amide bonds. The van der Waals surface area contributed by atoms with Crippen LogP contribution in [0.1, 0.15) is 10.4 Å². The fraction of sp³-hybridized carbons (Fsp3) is 0.125. The molecule has 0 saturated carbocycles. The molecular weight excluding hydrogens is 318 g/mol. The molecule has 3 aromatic rings. The highest BCUT2D eigenvalue weighted by atomic mass is 35.5. The molecule has 0 fully saturated rings. The minimum absolute atomic E-state index is 0.272. The molecule has 1 aliphatic rings. The van der Waals surface area contributed by atoms with E-state index in [-0.39, 0.29) is 5.91 Å². The van der Waals surface area contributed by atoms with Gasteiger partial charge in [-0.3, -0.25) is 9.89 Å². The Labute approximate surface area is 136 Å². The van der Waals surface area contributed by atoms with Gasteiger partial charge in [-0.2, -0.15) is 5.10 Å². The van der Waals surface area contributed by atoms with Crippen molar-refractivity contribution in [3.8, 4) is 11.5 Å². The molecule has 2 N–H and O–H groups in total. The van der Waals surface area contributed by atoms with Crippen LogP contribution in [0.2, 0.25) is 5.02 Å². The smallest absolute Gasteiger partial charge is 0.255 e. The lowest BCUT2D eigenvalue weighted by molar-refractivity contribution is 0.102. The Morgan fingerprint density at radius 1 is 1.22 bits per heavy atom. The Morgan fingerprint density at radius 3 is 3.00 bits per heavy atom. The largest absolute Gasteiger partial charge is 0.486 e. The second kappa shape index (κ2) is 5.48. The van der Waals surface area contributed by atoms with Crippen molar-refractivity contribution in [3.05, 3.63) is 47.1 Å². The molecule has 0 radical (unpaired) electrons. The average molecular weight is 330 g/mol. The van der Waals surface area contributed by atoms with Crippen molar-refractivity contribution in [2.24, 2.45) is 0 Å². The molecule has 116 valence electrons. The molecule has 0 aliphatic carbocycles. The quantitative estimate of drug-likeness (QED) is 0.756. The molecule has 1 aliphatic heterocycles. The molecule has 4 rings (SSSR count). The summed E-state index contributed by atoms with van der Waals surface area (Å²) in [5, 5.41) is 10.9. The van der Waals surface area contributed by atoms with E-state index in [1.54, 1.807) is 24.4 Å². The SMILES string of the molecule is O=C(Nc1ccc2[nH]ncc2c1)c1cc(Cl)c2c(c1)OCCO2. The van der Waals surface area contributed by atoms with Crippen LogP contribution in [-0.4, -0.2) is 29.3 Å². The van der Waals surface area contributed by atoms with Crippen LogP contribution in [0.15, 0.2) is 36.5 Å². The number of aromatic amines is 1. The number of anilines is 1. The van der Waals surface area contributed by atoms with E-state index in [2.05, 4.69) is 15.5 Å². The number of rotatable bonds is 2. The summed E-state index contributed by atoms with van der Waals surface area (Å²) in [6.07, 6.45) is 1.70. The normalized spacial score (nSPS) is 13.1. The van der Waals surface area contributed by atoms with Gasteiger partial charge in [0.1, 0.15) is 13.2 Å². The van der Waals surface area contributed by atoms with Gasteiger partial charge in [-0.25, -0.2) is 0 Å². The van der Waals surface area contributed by atoms with Gasteiger partial charge in [-0.05, 0) is 30.3 Å². The molecule has 0 unspecified atom stereocenters. The predicted octanol–water partition coefficient (Wildman–Crippen LogP) is 3.24. The maximum atomic E-state index is 12.4. The molecule has 2 aromatic carbocycles. The molecule has 0 spiro atoms. The van der Waals surface area contributed by atoms with Gasteiger partial charge in [0, 0.05) is 16.6 Å². The number of nitrogens with one attached hydrogen (secondary N) is 2. The van der Waals surface area contributed by atoms with Gasteiger partial charge in [0.25, 0.3) is 5.91 Å². The summed E-state index contributed by atoms with van der Waals surface area (Å²) in [6.45, 7) is 0.883. The Bertz CT molecular complexity index is 907. The number of nitrogens with zero attached hydrogens (tertiary/aromatic N) is 1. The van der Waals surface area contributed by atoms with Crippen molar-refractivity contribution in [1.29, 1.82) is 0 Å². The number of halogens is 1. The Morgan fingerprint density at radius 2 is 2.09 bits per heavy atom. The first-order chi connectivity index (χ1) is 11.2. The van der Waals surface area contributed by atoms with Crippen molar-refractivity contribution in [2.75, 3.05) is 18.5 Å². The molecule has 7 heteroatoms. The third-order valence-electron chi connectivity index (χ3n) is 3.56. The van der Waals surface area contributed by atoms with Crippen LogP contribution in [0.4, 0.5) is 5.69 Å². The number of amides is 1. The van der Waals surface area contributed by atoms with Gasteiger partial charge < -0.3 is 14.8 Å². The van der Waals surface area contributed by atoms with Crippen molar-refractivity contribution >= 4 is 34.1 Å². The molecule has 0 saturated heterocycles. The molecule has 23 heavy (non-hydrogen) atoms. The highest BCUT2D eigenvalue weighted by Crippen LogP contribution is 2.38. The van der Waals surface area contributed by atoms with Crippen LogP contribution < -0.4 is 14.8 Å². The van der Waals surface area contributed by atoms with Crippen molar-refractivity contribution < 1.29 is 14.3 Å². The summed E-state index contributed by atoms with van der Waals surface area (Å²) in [4.78, 5) is 12.4. The van der Waals surface area contributed by atoms with Gasteiger partial charge in [-0.1, -0.05) is 11.6 Å². The topological polar surface area (TPSA) is 76.2 Å². The maximum absolute atomic E-state index is 12.4. The van der Waals surface area contributed by atoms with E-state index in [4.69, 9.17) is 21.1 Å². The number of hydrogen-bond donors (Lipinski definition) is 2. The third kappa shape index (κ3) is 2.57. The zero-order valence-electron chi connectivity index (χ0n) is 11.9. The van der Waals surface area contributed by atoms with E-state index in [9.17, 15) is 4.79 Å². The summed E-state index contributed by atoms with van der Waals surface area (Å²) in [5.41, 5.74) is 1.99. The van der Waals surface area contributed by atoms with Crippen LogP contribution in [0, 0.1) is 0 Å². The van der Waals surface area contributed by atoms with E-state index in [1.807, 2.05) is 12.1 Å². The van der Waals surface area contributed by atoms with Crippen molar-refractivity contribution in [2.45, 2.75) is 0 Å². The minimum Gasteiger partial charge on any atom is -0.486 e. The number of carbonyl (C=O) groups excluding carboxylic acids is 1. The van der Waals surface area contributed by atoms with Crippen LogP contribution in [0.5, 0.6) is 11.5 Å². The van der Waals surface area contributed by atoms with Crippen molar-refractivity contribution in [1.82, 2.24) is 10.2 Å². The lowest BCUT2D eigenvalue weighted by Crippen LogP contribution is -2.17. The third-order valence-corrected chi connectivity index (χ3v) is 3.84. The maximum Gasteiger partial charge on any atom is 0.255 e. The number of hydrogen-bond acceptors (Lipinski definition) is 4. The molecule has 2 heterocycles. The van der Waals surface area contributed by atoms with Crippen LogP contribution >= 0.6 is 11.6 Å². The second-order valence-electron chi connectivity index (χ2n) is 5.11. The average Bonchev–Trinajstić information content (AvgIpc) is 3.02. The summed E-state index contributed by atoms with van der Waals surface area (Å²) in [7, 11) is 0. The Balaban J connectivity index is 1.62. The lowest BCUT2D eigenvalue weighted by Gasteiger charge is -2.20. The second-order valence-corrected chi connectivity index (χ2v) is 5.52. The summed E-state index contributed by atoms with van der Waals surface area (Å²) >= 11 is 6.16. The number of H-pyrrole nitrogens is 1. The van der Waals surface area contributed by atoms with Crippen LogP contribution in [-0.2, 0) is 0 Å². The highest BCUT2D eigenvalue weighted by molar-refractivity contribution is 6.32. The van der Waals surface area contributed by atoms with Gasteiger partial charge in [0.15, 0.2) is 11.5 Å². The number of benzene rings is 2. The van der Waals surface area contributed by atoms with E-state index in [1.165, 1.54) is 0 Å². The predicted molar refractivity (Wildman–Crippen MR) is 86.5 cm³/mol. The minimum atomic E-state index is -0.272. The van der Waals surface area contributed by atoms with Crippen LogP contribution in [0.3, 0.4) is 0 Å². The van der Waals surface area contributed by atoms with E-state index < -0.39 is 0 Å². The molecule has 6 nitrogen and oxygen atoms in total. The summed E-state index contributed by atoms with van der Waals surface area (Å²) < 4.78 is 10.9. The van der Waals surface area contributed by atoms with Gasteiger partial charge in [0.2, 0.25) is 0 Å². The number of ether oxygens (including phenoxy) is 2. The van der Waals surface area contributed by atoms with Crippen LogP contribution in [0.25, 0.3) is 10.9 Å². The van der Waals surface area contributed by atoms with E-state index in [0.717, 1.165) is 10.9 Å². The first-order valence-corrected chi connectivity index (χ1v) is 7.42. The molecule has 0 atom stereocenters. The first-order valence-electron chi connectivity index (χ1n) is 7.04. The Hall–Kier alpha value is -2.73. The number of aromatic nitrogens is 2. The summed E-state index contributed by atoms with van der Waals surface area (Å²) in [5.74, 6) is 0.695. The lowest BCUT2D eigenvalue weighted by atomic mass is 10.1. The monoisotopic (exact) mass is 329 g/mol. The molecule has 1 aromatic heterocycles. The zero-order valence-corrected chi connectivity index (χ0v) is 12.7. The number of carbonyl (C=O) groups is 1. The fourth-order valence-corrected chi connectivity index (χ4v) is 2.73. The molecule has 0 bridgehead atoms. The number of fused-ring (bicyclic) bond motifs is 2. The molecular formula is C16H12ClN3O3. The highest BCUT2D eigenvalue weighted by Gasteiger charge is 2.19. The standard InChI is InChI=1S/C16H12ClN3O3/c17-12-6-9(7-14-15(12)23-4-3-22-14)16(21)19-11-1-2-13-10(5-11)8-18-20-13/h1-2,5-8H,3-4H2,(H,18,20)(H,19,21). The first kappa shape index (κ1) is 13.9. The fourth-order valence-electron chi connectivity index (χ4n) is 2.47. The van der Waals surface area contributed by atoms with E-state index in [0.29, 0.717) is 41.0 Å². The van der Waals surface area contributed by atoms with Gasteiger partial charge >= 0.3 is 0 Å². The van der Waals surface area contributed by atoms with Gasteiger partial charge in [0.05, 0.1) is 16.7 Å². The van der Waals surface area contributed by atoms with Crippen molar-refractivity contribution in [3.63, 3.8) is 0 Å². The Kier molecular flexibility index (Phi) is 3.31. The van der Waals surface area contributed by atoms with Gasteiger partial charge in [-0.15, -0.1) is 0 Å².